The van der Waals surface area contributed by atoms with Crippen LogP contribution >= 0.6 is 11.3 Å². The van der Waals surface area contributed by atoms with E-state index in [-0.39, 0.29) is 23.7 Å². The molecule has 2 N–H and O–H groups in total. The Hall–Kier alpha value is -2.28. The second-order valence-corrected chi connectivity index (χ2v) is 7.43. The molecule has 0 unspecified atom stereocenters. The van der Waals surface area contributed by atoms with E-state index in [1.54, 1.807) is 19.1 Å². The number of carboxylic acid groups (broad SMARTS) is 1. The minimum atomic E-state index is -0.799. The van der Waals surface area contributed by atoms with Gasteiger partial charge in [0.2, 0.25) is 0 Å². The average Bonchev–Trinajstić information content (AvgIpc) is 3.16. The van der Waals surface area contributed by atoms with Gasteiger partial charge < -0.3 is 10.4 Å². The third kappa shape index (κ3) is 4.22. The van der Waals surface area contributed by atoms with Crippen LogP contribution in [-0.2, 0) is 11.2 Å². The molecule has 1 heterocycles. The maximum Gasteiger partial charge on any atom is 0.306 e. The predicted octanol–water partition coefficient (Wildman–Crippen LogP) is 3.16. The number of aromatic nitrogens is 1. The third-order valence-electron chi connectivity index (χ3n) is 4.43. The van der Waals surface area contributed by atoms with E-state index in [1.165, 1.54) is 23.5 Å². The van der Waals surface area contributed by atoms with Crippen LogP contribution < -0.4 is 5.32 Å². The molecule has 25 heavy (non-hydrogen) atoms. The number of carbonyl (C=O) groups is 2. The summed E-state index contributed by atoms with van der Waals surface area (Å²) < 4.78 is 13.0. The van der Waals surface area contributed by atoms with E-state index in [0.29, 0.717) is 36.3 Å². The lowest BCUT2D eigenvalue weighted by molar-refractivity contribution is -0.141. The number of rotatable bonds is 5. The SMILES string of the molecule is Cc1nc(Cc2ccc(F)cc2)sc1C(=O)N[C@H]1CC[C@@H](C(=O)O)C1. The molecule has 5 nitrogen and oxygen atoms in total. The van der Waals surface area contributed by atoms with Crippen LogP contribution in [0, 0.1) is 18.7 Å². The standard InChI is InChI=1S/C18H19FN2O3S/c1-10-16(17(22)21-14-7-4-12(9-14)18(23)24)25-15(20-10)8-11-2-5-13(19)6-3-11/h2-3,5-6,12,14H,4,7-9H2,1H3,(H,21,22)(H,23,24)/t12-,14+/m1/s1. The Labute approximate surface area is 148 Å². The van der Waals surface area contributed by atoms with Crippen molar-refractivity contribution in [2.24, 2.45) is 5.92 Å². The van der Waals surface area contributed by atoms with Crippen LogP contribution in [0.5, 0.6) is 0 Å². The van der Waals surface area contributed by atoms with E-state index in [1.807, 2.05) is 0 Å². The molecule has 7 heteroatoms. The number of nitrogens with one attached hydrogen (secondary N) is 1. The van der Waals surface area contributed by atoms with Crippen molar-refractivity contribution in [3.05, 3.63) is 51.2 Å². The molecule has 0 bridgehead atoms. The van der Waals surface area contributed by atoms with E-state index in [4.69, 9.17) is 5.11 Å². The summed E-state index contributed by atoms with van der Waals surface area (Å²) in [4.78, 5) is 28.5. The molecule has 1 aliphatic carbocycles. The van der Waals surface area contributed by atoms with Gasteiger partial charge in [-0.25, -0.2) is 9.37 Å². The number of nitrogens with zero attached hydrogens (tertiary/aromatic N) is 1. The second-order valence-electron chi connectivity index (χ2n) is 6.34. The molecule has 1 aromatic heterocycles. The highest BCUT2D eigenvalue weighted by atomic mass is 32.1. The van der Waals surface area contributed by atoms with E-state index < -0.39 is 5.97 Å². The summed E-state index contributed by atoms with van der Waals surface area (Å²) in [6.07, 6.45) is 2.30. The van der Waals surface area contributed by atoms with E-state index in [2.05, 4.69) is 10.3 Å². The Morgan fingerprint density at radius 3 is 2.68 bits per heavy atom. The van der Waals surface area contributed by atoms with Crippen molar-refractivity contribution >= 4 is 23.2 Å². The van der Waals surface area contributed by atoms with Crippen LogP contribution in [-0.4, -0.2) is 28.0 Å². The van der Waals surface area contributed by atoms with Crippen LogP contribution in [0.25, 0.3) is 0 Å². The molecule has 132 valence electrons. The molecule has 0 aliphatic heterocycles. The Morgan fingerprint density at radius 2 is 2.04 bits per heavy atom. The van der Waals surface area contributed by atoms with Gasteiger partial charge >= 0.3 is 5.97 Å². The van der Waals surface area contributed by atoms with E-state index in [0.717, 1.165) is 10.6 Å². The molecular weight excluding hydrogens is 343 g/mol. The van der Waals surface area contributed by atoms with Crippen molar-refractivity contribution in [2.45, 2.75) is 38.6 Å². The molecule has 3 rings (SSSR count). The largest absolute Gasteiger partial charge is 0.481 e. The van der Waals surface area contributed by atoms with Crippen LogP contribution in [0.3, 0.4) is 0 Å². The lowest BCUT2D eigenvalue weighted by Crippen LogP contribution is -2.33. The number of amides is 1. The van der Waals surface area contributed by atoms with Gasteiger partial charge in [0.25, 0.3) is 5.91 Å². The van der Waals surface area contributed by atoms with Crippen LogP contribution in [0.1, 0.15) is 45.2 Å². The Kier molecular flexibility index (Phi) is 5.13. The zero-order valence-corrected chi connectivity index (χ0v) is 14.6. The topological polar surface area (TPSA) is 79.3 Å². The lowest BCUT2D eigenvalue weighted by Gasteiger charge is -2.11. The number of halogens is 1. The number of hydrogen-bond donors (Lipinski definition) is 2. The summed E-state index contributed by atoms with van der Waals surface area (Å²) in [7, 11) is 0. The molecular formula is C18H19FN2O3S. The van der Waals surface area contributed by atoms with Gasteiger partial charge in [0, 0.05) is 12.5 Å². The second kappa shape index (κ2) is 7.31. The summed E-state index contributed by atoms with van der Waals surface area (Å²) in [5.41, 5.74) is 1.59. The number of carboxylic acids is 1. The summed E-state index contributed by atoms with van der Waals surface area (Å²) >= 11 is 1.32. The summed E-state index contributed by atoms with van der Waals surface area (Å²) in [5, 5.41) is 12.8. The number of hydrogen-bond acceptors (Lipinski definition) is 4. The summed E-state index contributed by atoms with van der Waals surface area (Å²) in [6.45, 7) is 1.79. The number of thiazole rings is 1. The number of aryl methyl sites for hydroxylation is 1. The summed E-state index contributed by atoms with van der Waals surface area (Å²) in [5.74, 6) is -1.65. The van der Waals surface area contributed by atoms with Gasteiger partial charge in [0.1, 0.15) is 10.7 Å². The smallest absolute Gasteiger partial charge is 0.306 e. The van der Waals surface area contributed by atoms with Crippen molar-refractivity contribution in [1.29, 1.82) is 0 Å². The lowest BCUT2D eigenvalue weighted by atomic mass is 10.1. The molecule has 2 atom stereocenters. The van der Waals surface area contributed by atoms with Crippen LogP contribution in [0.15, 0.2) is 24.3 Å². The Morgan fingerprint density at radius 1 is 1.32 bits per heavy atom. The zero-order valence-electron chi connectivity index (χ0n) is 13.8. The van der Waals surface area contributed by atoms with Gasteiger partial charge in [-0.3, -0.25) is 9.59 Å². The number of carbonyl (C=O) groups excluding carboxylic acids is 1. The first-order valence-corrected chi connectivity index (χ1v) is 8.98. The molecule has 1 amide bonds. The fourth-order valence-corrected chi connectivity index (χ4v) is 4.11. The highest BCUT2D eigenvalue weighted by molar-refractivity contribution is 7.13. The minimum Gasteiger partial charge on any atom is -0.481 e. The molecule has 1 aliphatic rings. The normalized spacial score (nSPS) is 19.8. The van der Waals surface area contributed by atoms with Gasteiger partial charge in [0.05, 0.1) is 16.6 Å². The quantitative estimate of drug-likeness (QED) is 0.856. The van der Waals surface area contributed by atoms with Crippen molar-refractivity contribution in [3.63, 3.8) is 0 Å². The molecule has 1 saturated carbocycles. The molecule has 0 radical (unpaired) electrons. The van der Waals surface area contributed by atoms with Gasteiger partial charge in [-0.15, -0.1) is 11.3 Å². The zero-order chi connectivity index (χ0) is 18.0. The maximum absolute atomic E-state index is 13.0. The average molecular weight is 362 g/mol. The number of benzene rings is 1. The maximum atomic E-state index is 13.0. The van der Waals surface area contributed by atoms with Crippen LogP contribution in [0.4, 0.5) is 4.39 Å². The molecule has 0 spiro atoms. The third-order valence-corrected chi connectivity index (χ3v) is 5.59. The first-order valence-electron chi connectivity index (χ1n) is 8.17. The van der Waals surface area contributed by atoms with Crippen molar-refractivity contribution in [3.8, 4) is 0 Å². The monoisotopic (exact) mass is 362 g/mol. The highest BCUT2D eigenvalue weighted by Crippen LogP contribution is 2.27. The van der Waals surface area contributed by atoms with Gasteiger partial charge in [-0.05, 0) is 43.9 Å². The first kappa shape index (κ1) is 17.5. The number of aliphatic carboxylic acids is 1. The minimum absolute atomic E-state index is 0.101. The predicted molar refractivity (Wildman–Crippen MR) is 92.3 cm³/mol. The molecule has 1 fully saturated rings. The fraction of sp³-hybridized carbons (Fsp3) is 0.389. The van der Waals surface area contributed by atoms with Gasteiger partial charge in [0.15, 0.2) is 0 Å². The first-order chi connectivity index (χ1) is 11.9. The Balaban J connectivity index is 1.64. The van der Waals surface area contributed by atoms with Crippen LogP contribution in [0.2, 0.25) is 0 Å². The van der Waals surface area contributed by atoms with Crippen molar-refractivity contribution in [2.75, 3.05) is 0 Å². The van der Waals surface area contributed by atoms with Gasteiger partial charge in [-0.1, -0.05) is 12.1 Å². The Bertz CT molecular complexity index is 788. The summed E-state index contributed by atoms with van der Waals surface area (Å²) in [6, 6.07) is 6.12. The molecule has 1 aromatic carbocycles. The highest BCUT2D eigenvalue weighted by Gasteiger charge is 2.31. The van der Waals surface area contributed by atoms with Crippen molar-refractivity contribution in [1.82, 2.24) is 10.3 Å². The van der Waals surface area contributed by atoms with Crippen molar-refractivity contribution < 1.29 is 19.1 Å². The fourth-order valence-electron chi connectivity index (χ4n) is 3.10. The molecule has 2 aromatic rings. The van der Waals surface area contributed by atoms with Gasteiger partial charge in [-0.2, -0.15) is 0 Å². The molecule has 0 saturated heterocycles. The van der Waals surface area contributed by atoms with E-state index in [9.17, 15) is 14.0 Å². The van der Waals surface area contributed by atoms with E-state index >= 15 is 0 Å².